The van der Waals surface area contributed by atoms with Crippen LogP contribution in [0.25, 0.3) is 0 Å². The highest BCUT2D eigenvalue weighted by Gasteiger charge is 2.02. The van der Waals surface area contributed by atoms with Gasteiger partial charge in [0, 0.05) is 29.2 Å². The van der Waals surface area contributed by atoms with Crippen LogP contribution in [0.2, 0.25) is 0 Å². The molecule has 4 heteroatoms. The third kappa shape index (κ3) is 2.66. The molecule has 0 aliphatic heterocycles. The van der Waals surface area contributed by atoms with Crippen molar-refractivity contribution in [1.82, 2.24) is 0 Å². The number of nitrogens with one attached hydrogen (secondary N) is 1. The van der Waals surface area contributed by atoms with Gasteiger partial charge in [-0.3, -0.25) is 0 Å². The van der Waals surface area contributed by atoms with E-state index >= 15 is 0 Å². The van der Waals surface area contributed by atoms with Crippen molar-refractivity contribution in [3.63, 3.8) is 0 Å². The number of aromatic hydroxyl groups is 1. The van der Waals surface area contributed by atoms with Gasteiger partial charge >= 0.3 is 0 Å². The van der Waals surface area contributed by atoms with Gasteiger partial charge in [-0.25, -0.2) is 0 Å². The van der Waals surface area contributed by atoms with E-state index in [1.807, 2.05) is 25.1 Å². The molecule has 2 aromatic carbocycles. The summed E-state index contributed by atoms with van der Waals surface area (Å²) in [7, 11) is 0. The van der Waals surface area contributed by atoms with Gasteiger partial charge in [0.15, 0.2) is 0 Å². The minimum absolute atomic E-state index is 0.240. The van der Waals surface area contributed by atoms with Crippen molar-refractivity contribution in [3.8, 4) is 5.75 Å². The third-order valence-electron chi connectivity index (χ3n) is 2.86. The number of hydrogen-bond donors (Lipinski definition) is 4. The van der Waals surface area contributed by atoms with E-state index in [0.717, 1.165) is 22.5 Å². The average molecular weight is 243 g/mol. The Kier molecular flexibility index (Phi) is 3.28. The first-order valence-electron chi connectivity index (χ1n) is 5.73. The molecule has 0 bridgehead atoms. The first-order valence-corrected chi connectivity index (χ1v) is 5.73. The van der Waals surface area contributed by atoms with Crippen molar-refractivity contribution in [2.24, 2.45) is 0 Å². The Morgan fingerprint density at radius 2 is 1.89 bits per heavy atom. The molecule has 0 fully saturated rings. The first-order chi connectivity index (χ1) is 8.56. The molecule has 0 radical (unpaired) electrons. The van der Waals surface area contributed by atoms with Crippen LogP contribution in [0.1, 0.15) is 11.1 Å². The molecule has 0 aliphatic carbocycles. The summed E-state index contributed by atoms with van der Waals surface area (Å²) in [5.41, 5.74) is 15.6. The molecule has 0 spiro atoms. The van der Waals surface area contributed by atoms with Crippen molar-refractivity contribution in [2.45, 2.75) is 13.5 Å². The van der Waals surface area contributed by atoms with Gasteiger partial charge in [0.25, 0.3) is 0 Å². The van der Waals surface area contributed by atoms with Gasteiger partial charge in [0.2, 0.25) is 0 Å². The zero-order chi connectivity index (χ0) is 13.1. The second kappa shape index (κ2) is 4.87. The van der Waals surface area contributed by atoms with Crippen molar-refractivity contribution < 1.29 is 5.11 Å². The van der Waals surface area contributed by atoms with Crippen LogP contribution in [0, 0.1) is 6.92 Å². The highest BCUT2D eigenvalue weighted by atomic mass is 16.3. The van der Waals surface area contributed by atoms with Gasteiger partial charge in [0.05, 0.1) is 0 Å². The molecule has 0 heterocycles. The summed E-state index contributed by atoms with van der Waals surface area (Å²) >= 11 is 0. The molecule has 18 heavy (non-hydrogen) atoms. The van der Waals surface area contributed by atoms with Gasteiger partial charge in [-0.05, 0) is 48.9 Å². The molecule has 0 saturated carbocycles. The standard InChI is InChI=1S/C14H17N3O/c1-9-6-12(3-4-13(9)16)17-8-10-7-11(15)2-5-14(10)18/h2-7,17-18H,8,15-16H2,1H3. The minimum Gasteiger partial charge on any atom is -0.508 e. The minimum atomic E-state index is 0.240. The van der Waals surface area contributed by atoms with E-state index in [0.29, 0.717) is 12.2 Å². The van der Waals surface area contributed by atoms with E-state index in [-0.39, 0.29) is 5.75 Å². The third-order valence-corrected chi connectivity index (χ3v) is 2.86. The molecule has 0 aromatic heterocycles. The fourth-order valence-corrected chi connectivity index (χ4v) is 1.73. The Bertz CT molecular complexity index is 567. The summed E-state index contributed by atoms with van der Waals surface area (Å²) in [4.78, 5) is 0. The van der Waals surface area contributed by atoms with Gasteiger partial charge in [-0.1, -0.05) is 0 Å². The van der Waals surface area contributed by atoms with Gasteiger partial charge in [-0.15, -0.1) is 0 Å². The van der Waals surface area contributed by atoms with Crippen LogP contribution in [-0.2, 0) is 6.54 Å². The predicted octanol–water partition coefficient (Wildman–Crippen LogP) is 2.48. The number of rotatable bonds is 3. The second-order valence-electron chi connectivity index (χ2n) is 4.31. The molecular weight excluding hydrogens is 226 g/mol. The molecule has 0 unspecified atom stereocenters. The largest absolute Gasteiger partial charge is 0.508 e. The molecule has 94 valence electrons. The van der Waals surface area contributed by atoms with Crippen LogP contribution in [0.5, 0.6) is 5.75 Å². The van der Waals surface area contributed by atoms with E-state index < -0.39 is 0 Å². The molecular formula is C14H17N3O. The summed E-state index contributed by atoms with van der Waals surface area (Å²) in [6, 6.07) is 10.8. The number of nitrogen functional groups attached to an aromatic ring is 2. The average Bonchev–Trinajstić information content (AvgIpc) is 2.34. The number of nitrogens with two attached hydrogens (primary N) is 2. The lowest BCUT2D eigenvalue weighted by atomic mass is 10.1. The maximum absolute atomic E-state index is 9.70. The highest BCUT2D eigenvalue weighted by molar-refractivity contribution is 5.57. The molecule has 6 N–H and O–H groups in total. The lowest BCUT2D eigenvalue weighted by molar-refractivity contribution is 0.469. The van der Waals surface area contributed by atoms with E-state index in [1.165, 1.54) is 0 Å². The molecule has 2 rings (SSSR count). The molecule has 4 nitrogen and oxygen atoms in total. The van der Waals surface area contributed by atoms with Crippen molar-refractivity contribution in [3.05, 3.63) is 47.5 Å². The van der Waals surface area contributed by atoms with Crippen LogP contribution in [0.15, 0.2) is 36.4 Å². The van der Waals surface area contributed by atoms with E-state index in [2.05, 4.69) is 5.32 Å². The van der Waals surface area contributed by atoms with Crippen LogP contribution < -0.4 is 16.8 Å². The fourth-order valence-electron chi connectivity index (χ4n) is 1.73. The van der Waals surface area contributed by atoms with Crippen molar-refractivity contribution >= 4 is 17.1 Å². The SMILES string of the molecule is Cc1cc(NCc2cc(N)ccc2O)ccc1N. The molecule has 0 amide bonds. The zero-order valence-electron chi connectivity index (χ0n) is 10.3. The van der Waals surface area contributed by atoms with Gasteiger partial charge in [0.1, 0.15) is 5.75 Å². The second-order valence-corrected chi connectivity index (χ2v) is 4.31. The zero-order valence-corrected chi connectivity index (χ0v) is 10.3. The fraction of sp³-hybridized carbons (Fsp3) is 0.143. The van der Waals surface area contributed by atoms with Crippen LogP contribution in [0.3, 0.4) is 0 Å². The smallest absolute Gasteiger partial charge is 0.120 e. The van der Waals surface area contributed by atoms with E-state index in [1.54, 1.807) is 18.2 Å². The summed E-state index contributed by atoms with van der Waals surface area (Å²) in [6.07, 6.45) is 0. The maximum Gasteiger partial charge on any atom is 0.120 e. The summed E-state index contributed by atoms with van der Waals surface area (Å²) in [5.74, 6) is 0.240. The Hall–Kier alpha value is -2.36. The quantitative estimate of drug-likeness (QED) is 0.493. The van der Waals surface area contributed by atoms with Crippen molar-refractivity contribution in [1.29, 1.82) is 0 Å². The molecule has 0 atom stereocenters. The summed E-state index contributed by atoms with van der Waals surface area (Å²) < 4.78 is 0. The number of phenolic OH excluding ortho intramolecular Hbond substituents is 1. The van der Waals surface area contributed by atoms with Crippen LogP contribution in [-0.4, -0.2) is 5.11 Å². The summed E-state index contributed by atoms with van der Waals surface area (Å²) in [6.45, 7) is 2.47. The van der Waals surface area contributed by atoms with Crippen LogP contribution >= 0.6 is 0 Å². The monoisotopic (exact) mass is 243 g/mol. The van der Waals surface area contributed by atoms with Crippen molar-refractivity contribution in [2.75, 3.05) is 16.8 Å². The van der Waals surface area contributed by atoms with Crippen LogP contribution in [0.4, 0.5) is 17.1 Å². The predicted molar refractivity (Wildman–Crippen MR) is 75.4 cm³/mol. The highest BCUT2D eigenvalue weighted by Crippen LogP contribution is 2.22. The lowest BCUT2D eigenvalue weighted by Gasteiger charge is -2.10. The Labute approximate surface area is 106 Å². The lowest BCUT2D eigenvalue weighted by Crippen LogP contribution is -2.01. The topological polar surface area (TPSA) is 84.3 Å². The Morgan fingerprint density at radius 3 is 2.61 bits per heavy atom. The number of phenols is 1. The first kappa shape index (κ1) is 12.1. The number of anilines is 3. The summed E-state index contributed by atoms with van der Waals surface area (Å²) in [5, 5.41) is 12.9. The number of aryl methyl sites for hydroxylation is 1. The van der Waals surface area contributed by atoms with E-state index in [9.17, 15) is 5.11 Å². The molecule has 0 aliphatic rings. The Balaban J connectivity index is 2.11. The normalized spacial score (nSPS) is 10.3. The number of benzene rings is 2. The maximum atomic E-state index is 9.70. The molecule has 2 aromatic rings. The Morgan fingerprint density at radius 1 is 1.11 bits per heavy atom. The van der Waals surface area contributed by atoms with Gasteiger partial charge in [-0.2, -0.15) is 0 Å². The van der Waals surface area contributed by atoms with Gasteiger partial charge < -0.3 is 21.9 Å². The molecule has 0 saturated heterocycles. The number of hydrogen-bond acceptors (Lipinski definition) is 4. The van der Waals surface area contributed by atoms with E-state index in [4.69, 9.17) is 11.5 Å².